The number of hydrogen-bond acceptors (Lipinski definition) is 4. The summed E-state index contributed by atoms with van der Waals surface area (Å²) in [6, 6.07) is 11.8. The summed E-state index contributed by atoms with van der Waals surface area (Å²) in [6.07, 6.45) is 0. The van der Waals surface area contributed by atoms with Crippen LogP contribution in [0, 0.1) is 17.5 Å². The quantitative estimate of drug-likeness (QED) is 0.753. The summed E-state index contributed by atoms with van der Waals surface area (Å²) in [5, 5.41) is 12.7. The molecular formula is C17H11F3N4O. The zero-order chi connectivity index (χ0) is 17.8. The first-order valence-corrected chi connectivity index (χ1v) is 7.14. The van der Waals surface area contributed by atoms with Gasteiger partial charge in [0.05, 0.1) is 5.56 Å². The second-order valence-electron chi connectivity index (χ2n) is 4.99. The molecule has 0 spiro atoms. The summed E-state index contributed by atoms with van der Waals surface area (Å²) >= 11 is 0. The molecule has 0 radical (unpaired) electrons. The lowest BCUT2D eigenvalue weighted by Gasteiger charge is -2.07. The molecule has 1 amide bonds. The summed E-state index contributed by atoms with van der Waals surface area (Å²) in [5.74, 6) is -2.88. The molecule has 1 aromatic heterocycles. The van der Waals surface area contributed by atoms with Crippen molar-refractivity contribution in [3.05, 3.63) is 77.6 Å². The Morgan fingerprint density at radius 2 is 1.52 bits per heavy atom. The molecule has 3 rings (SSSR count). The van der Waals surface area contributed by atoms with Gasteiger partial charge in [0.2, 0.25) is 0 Å². The fourth-order valence-corrected chi connectivity index (χ4v) is 2.02. The minimum absolute atomic E-state index is 0.115. The van der Waals surface area contributed by atoms with Gasteiger partial charge in [-0.05, 0) is 36.4 Å². The second-order valence-corrected chi connectivity index (χ2v) is 4.99. The van der Waals surface area contributed by atoms with Crippen molar-refractivity contribution in [2.45, 2.75) is 0 Å². The topological polar surface area (TPSA) is 66.9 Å². The number of hydrogen-bond donors (Lipinski definition) is 2. The van der Waals surface area contributed by atoms with Gasteiger partial charge >= 0.3 is 0 Å². The molecule has 0 atom stereocenters. The number of rotatable bonds is 4. The summed E-state index contributed by atoms with van der Waals surface area (Å²) in [7, 11) is 0. The SMILES string of the molecule is O=C(Nc1ccc(Nc2ccc(F)c(F)c2)nn1)c1ccccc1F. The van der Waals surface area contributed by atoms with Crippen LogP contribution in [-0.2, 0) is 0 Å². The minimum atomic E-state index is -0.994. The van der Waals surface area contributed by atoms with Crippen LogP contribution in [0.3, 0.4) is 0 Å². The molecule has 0 aliphatic heterocycles. The van der Waals surface area contributed by atoms with Gasteiger partial charge in [-0.1, -0.05) is 12.1 Å². The van der Waals surface area contributed by atoms with E-state index in [-0.39, 0.29) is 22.9 Å². The van der Waals surface area contributed by atoms with Crippen LogP contribution in [0.15, 0.2) is 54.6 Å². The number of aromatic nitrogens is 2. The third-order valence-electron chi connectivity index (χ3n) is 3.22. The van der Waals surface area contributed by atoms with Crippen molar-refractivity contribution in [1.29, 1.82) is 0 Å². The molecule has 0 aliphatic rings. The average Bonchev–Trinajstić information content (AvgIpc) is 2.60. The van der Waals surface area contributed by atoms with Crippen LogP contribution < -0.4 is 10.6 Å². The van der Waals surface area contributed by atoms with E-state index in [9.17, 15) is 18.0 Å². The van der Waals surface area contributed by atoms with Crippen LogP contribution in [0.4, 0.5) is 30.5 Å². The molecule has 126 valence electrons. The highest BCUT2D eigenvalue weighted by Crippen LogP contribution is 2.18. The Morgan fingerprint density at radius 1 is 0.800 bits per heavy atom. The number of carbonyl (C=O) groups excluding carboxylic acids is 1. The van der Waals surface area contributed by atoms with Gasteiger partial charge in [-0.2, -0.15) is 0 Å². The van der Waals surface area contributed by atoms with Crippen LogP contribution in [-0.4, -0.2) is 16.1 Å². The molecule has 8 heteroatoms. The third kappa shape index (κ3) is 3.92. The van der Waals surface area contributed by atoms with Crippen molar-refractivity contribution in [2.24, 2.45) is 0 Å². The Labute approximate surface area is 140 Å². The Hall–Kier alpha value is -3.42. The number of nitrogens with one attached hydrogen (secondary N) is 2. The lowest BCUT2D eigenvalue weighted by Crippen LogP contribution is -2.15. The van der Waals surface area contributed by atoms with E-state index in [2.05, 4.69) is 20.8 Å². The van der Waals surface area contributed by atoms with E-state index < -0.39 is 23.4 Å². The predicted octanol–water partition coefficient (Wildman–Crippen LogP) is 3.89. The first kappa shape index (κ1) is 16.4. The van der Waals surface area contributed by atoms with Gasteiger partial charge in [0.1, 0.15) is 5.82 Å². The first-order valence-electron chi connectivity index (χ1n) is 7.14. The average molecular weight is 344 g/mol. The maximum absolute atomic E-state index is 13.5. The molecule has 0 aliphatic carbocycles. The van der Waals surface area contributed by atoms with Crippen molar-refractivity contribution in [2.75, 3.05) is 10.6 Å². The van der Waals surface area contributed by atoms with E-state index in [1.807, 2.05) is 0 Å². The normalized spacial score (nSPS) is 10.4. The maximum atomic E-state index is 13.5. The van der Waals surface area contributed by atoms with E-state index in [1.165, 1.54) is 36.4 Å². The number of carbonyl (C=O) groups is 1. The van der Waals surface area contributed by atoms with Gasteiger partial charge in [-0.3, -0.25) is 4.79 Å². The van der Waals surface area contributed by atoms with E-state index in [0.717, 1.165) is 12.1 Å². The number of benzene rings is 2. The summed E-state index contributed by atoms with van der Waals surface area (Å²) < 4.78 is 39.6. The zero-order valence-corrected chi connectivity index (χ0v) is 12.6. The second kappa shape index (κ2) is 7.00. The molecule has 0 saturated heterocycles. The van der Waals surface area contributed by atoms with E-state index in [0.29, 0.717) is 0 Å². The van der Waals surface area contributed by atoms with Gasteiger partial charge < -0.3 is 10.6 Å². The van der Waals surface area contributed by atoms with Crippen molar-refractivity contribution < 1.29 is 18.0 Å². The Kier molecular flexibility index (Phi) is 4.60. The fourth-order valence-electron chi connectivity index (χ4n) is 2.02. The van der Waals surface area contributed by atoms with Crippen LogP contribution in [0.2, 0.25) is 0 Å². The van der Waals surface area contributed by atoms with Crippen LogP contribution in [0.5, 0.6) is 0 Å². The Morgan fingerprint density at radius 3 is 2.20 bits per heavy atom. The summed E-state index contributed by atoms with van der Waals surface area (Å²) in [6.45, 7) is 0. The number of anilines is 3. The molecule has 2 N–H and O–H groups in total. The highest BCUT2D eigenvalue weighted by molar-refractivity contribution is 6.03. The number of halogens is 3. The standard InChI is InChI=1S/C17H11F3N4O/c18-12-4-2-1-3-11(12)17(25)22-16-8-7-15(23-24-16)21-10-5-6-13(19)14(20)9-10/h1-9H,(H,21,23)(H,22,24,25). The smallest absolute Gasteiger partial charge is 0.259 e. The number of nitrogens with zero attached hydrogens (tertiary/aromatic N) is 2. The van der Waals surface area contributed by atoms with Crippen molar-refractivity contribution in [3.63, 3.8) is 0 Å². The molecule has 2 aromatic carbocycles. The Bertz CT molecular complexity index is 916. The van der Waals surface area contributed by atoms with Gasteiger partial charge in [0.25, 0.3) is 5.91 Å². The van der Waals surface area contributed by atoms with Crippen molar-refractivity contribution in [3.8, 4) is 0 Å². The Balaban J connectivity index is 1.69. The van der Waals surface area contributed by atoms with Gasteiger partial charge in [0, 0.05) is 11.8 Å². The molecular weight excluding hydrogens is 333 g/mol. The molecule has 0 bridgehead atoms. The molecule has 1 heterocycles. The third-order valence-corrected chi connectivity index (χ3v) is 3.22. The van der Waals surface area contributed by atoms with Crippen LogP contribution >= 0.6 is 0 Å². The summed E-state index contributed by atoms with van der Waals surface area (Å²) in [4.78, 5) is 12.0. The van der Waals surface area contributed by atoms with Crippen LogP contribution in [0.25, 0.3) is 0 Å². The van der Waals surface area contributed by atoms with E-state index in [1.54, 1.807) is 6.07 Å². The van der Waals surface area contributed by atoms with E-state index >= 15 is 0 Å². The molecule has 25 heavy (non-hydrogen) atoms. The molecule has 0 unspecified atom stereocenters. The molecule has 0 saturated carbocycles. The predicted molar refractivity (Wildman–Crippen MR) is 86.0 cm³/mol. The lowest BCUT2D eigenvalue weighted by molar-refractivity contribution is 0.102. The molecule has 3 aromatic rings. The van der Waals surface area contributed by atoms with Gasteiger partial charge in [-0.15, -0.1) is 10.2 Å². The zero-order valence-electron chi connectivity index (χ0n) is 12.6. The molecule has 0 fully saturated rings. The lowest BCUT2D eigenvalue weighted by atomic mass is 10.2. The summed E-state index contributed by atoms with van der Waals surface area (Å²) in [5.41, 5.74) is 0.171. The molecule has 5 nitrogen and oxygen atoms in total. The van der Waals surface area contributed by atoms with Gasteiger partial charge in [-0.25, -0.2) is 13.2 Å². The highest BCUT2D eigenvalue weighted by atomic mass is 19.2. The fraction of sp³-hybridized carbons (Fsp3) is 0. The highest BCUT2D eigenvalue weighted by Gasteiger charge is 2.12. The number of amides is 1. The van der Waals surface area contributed by atoms with Crippen molar-refractivity contribution >= 4 is 23.2 Å². The van der Waals surface area contributed by atoms with E-state index in [4.69, 9.17) is 0 Å². The van der Waals surface area contributed by atoms with Crippen molar-refractivity contribution in [1.82, 2.24) is 10.2 Å². The minimum Gasteiger partial charge on any atom is -0.339 e. The first-order chi connectivity index (χ1) is 12.0. The monoisotopic (exact) mass is 344 g/mol. The maximum Gasteiger partial charge on any atom is 0.259 e. The van der Waals surface area contributed by atoms with Crippen LogP contribution in [0.1, 0.15) is 10.4 Å². The van der Waals surface area contributed by atoms with Gasteiger partial charge in [0.15, 0.2) is 23.3 Å². The largest absolute Gasteiger partial charge is 0.339 e.